The second-order valence-electron chi connectivity index (χ2n) is 2.46. The molecule has 1 saturated carbocycles. The SMILES string of the molecule is [c]1ccc(C2CC2)nc1. The molecule has 1 aliphatic carbocycles. The quantitative estimate of drug-likeness (QED) is 0.547. The molecular formula is C8H8N. The van der Waals surface area contributed by atoms with E-state index in [9.17, 15) is 0 Å². The summed E-state index contributed by atoms with van der Waals surface area (Å²) < 4.78 is 0. The van der Waals surface area contributed by atoms with Crippen molar-refractivity contribution in [1.82, 2.24) is 4.98 Å². The van der Waals surface area contributed by atoms with E-state index >= 15 is 0 Å². The van der Waals surface area contributed by atoms with Gasteiger partial charge in [0.05, 0.1) is 0 Å². The van der Waals surface area contributed by atoms with Crippen LogP contribution in [0, 0.1) is 6.07 Å². The highest BCUT2D eigenvalue weighted by molar-refractivity contribution is 5.13. The molecule has 0 unspecified atom stereocenters. The smallest absolute Gasteiger partial charge is 0.0434 e. The monoisotopic (exact) mass is 118 g/mol. The molecule has 1 fully saturated rings. The Labute approximate surface area is 54.7 Å². The van der Waals surface area contributed by atoms with Crippen molar-refractivity contribution in [3.05, 3.63) is 30.1 Å². The van der Waals surface area contributed by atoms with Crippen LogP contribution in [0.2, 0.25) is 0 Å². The van der Waals surface area contributed by atoms with Crippen LogP contribution in [0.4, 0.5) is 0 Å². The predicted molar refractivity (Wildman–Crippen MR) is 35.0 cm³/mol. The van der Waals surface area contributed by atoms with E-state index in [0.717, 1.165) is 5.92 Å². The second kappa shape index (κ2) is 1.83. The van der Waals surface area contributed by atoms with Crippen LogP contribution in [-0.4, -0.2) is 4.98 Å². The number of hydrogen-bond donors (Lipinski definition) is 0. The summed E-state index contributed by atoms with van der Waals surface area (Å²) in [5.74, 6) is 0.777. The van der Waals surface area contributed by atoms with E-state index in [1.165, 1.54) is 18.5 Å². The third kappa shape index (κ3) is 0.947. The zero-order chi connectivity index (χ0) is 6.10. The second-order valence-corrected chi connectivity index (χ2v) is 2.46. The summed E-state index contributed by atoms with van der Waals surface area (Å²) in [6.45, 7) is 0. The molecule has 0 saturated heterocycles. The van der Waals surface area contributed by atoms with Crippen LogP contribution < -0.4 is 0 Å². The summed E-state index contributed by atoms with van der Waals surface area (Å²) in [6.07, 6.45) is 4.40. The largest absolute Gasteiger partial charge is 0.260 e. The lowest BCUT2D eigenvalue weighted by molar-refractivity contribution is 1.02. The molecule has 1 aliphatic rings. The van der Waals surface area contributed by atoms with Crippen LogP contribution in [0.25, 0.3) is 0 Å². The number of aromatic nitrogens is 1. The predicted octanol–water partition coefficient (Wildman–Crippen LogP) is 1.76. The Bertz CT molecular complexity index is 189. The summed E-state index contributed by atoms with van der Waals surface area (Å²) in [4.78, 5) is 4.19. The maximum Gasteiger partial charge on any atom is 0.0434 e. The van der Waals surface area contributed by atoms with Crippen molar-refractivity contribution in [1.29, 1.82) is 0 Å². The first-order valence-electron chi connectivity index (χ1n) is 3.29. The molecule has 1 aromatic heterocycles. The van der Waals surface area contributed by atoms with E-state index in [-0.39, 0.29) is 0 Å². The van der Waals surface area contributed by atoms with Crippen LogP contribution in [0.1, 0.15) is 24.5 Å². The van der Waals surface area contributed by atoms with Crippen LogP contribution >= 0.6 is 0 Å². The van der Waals surface area contributed by atoms with Gasteiger partial charge in [-0.25, -0.2) is 0 Å². The molecule has 0 atom stereocenters. The highest BCUT2D eigenvalue weighted by atomic mass is 14.7. The molecule has 1 heteroatoms. The lowest BCUT2D eigenvalue weighted by atomic mass is 10.3. The molecule has 45 valence electrons. The normalized spacial score (nSPS) is 17.8. The van der Waals surface area contributed by atoms with Crippen molar-refractivity contribution in [3.8, 4) is 0 Å². The fourth-order valence-electron chi connectivity index (χ4n) is 0.952. The molecule has 1 heterocycles. The first-order valence-corrected chi connectivity index (χ1v) is 3.29. The average molecular weight is 118 g/mol. The molecule has 0 spiro atoms. The van der Waals surface area contributed by atoms with E-state index < -0.39 is 0 Å². The molecule has 0 bridgehead atoms. The van der Waals surface area contributed by atoms with Gasteiger partial charge in [-0.15, -0.1) is 0 Å². The lowest BCUT2D eigenvalue weighted by Gasteiger charge is -1.90. The van der Waals surface area contributed by atoms with Crippen molar-refractivity contribution >= 4 is 0 Å². The molecule has 0 N–H and O–H groups in total. The summed E-state index contributed by atoms with van der Waals surface area (Å²) in [5.41, 5.74) is 1.24. The maximum absolute atomic E-state index is 4.19. The third-order valence-corrected chi connectivity index (χ3v) is 1.63. The Kier molecular flexibility index (Phi) is 1.01. The molecule has 9 heavy (non-hydrogen) atoms. The summed E-state index contributed by atoms with van der Waals surface area (Å²) in [6, 6.07) is 6.89. The fourth-order valence-corrected chi connectivity index (χ4v) is 0.952. The zero-order valence-corrected chi connectivity index (χ0v) is 5.17. The van der Waals surface area contributed by atoms with E-state index in [1.54, 1.807) is 6.20 Å². The minimum atomic E-state index is 0.777. The van der Waals surface area contributed by atoms with Crippen LogP contribution in [0.3, 0.4) is 0 Å². The number of nitrogens with zero attached hydrogens (tertiary/aromatic N) is 1. The zero-order valence-electron chi connectivity index (χ0n) is 5.17. The van der Waals surface area contributed by atoms with Gasteiger partial charge in [-0.1, -0.05) is 6.07 Å². The molecule has 0 amide bonds. The lowest BCUT2D eigenvalue weighted by Crippen LogP contribution is -1.81. The highest BCUT2D eigenvalue weighted by Crippen LogP contribution is 2.38. The topological polar surface area (TPSA) is 12.9 Å². The molecule has 1 radical (unpaired) electrons. The van der Waals surface area contributed by atoms with Gasteiger partial charge >= 0.3 is 0 Å². The summed E-state index contributed by atoms with van der Waals surface area (Å²) in [5, 5.41) is 0. The van der Waals surface area contributed by atoms with E-state index in [0.29, 0.717) is 0 Å². The van der Waals surface area contributed by atoms with Crippen molar-refractivity contribution in [2.75, 3.05) is 0 Å². The first-order chi connectivity index (χ1) is 4.47. The molecule has 1 aromatic rings. The number of pyridine rings is 1. The average Bonchev–Trinajstić information content (AvgIpc) is 2.71. The van der Waals surface area contributed by atoms with Crippen molar-refractivity contribution in [3.63, 3.8) is 0 Å². The van der Waals surface area contributed by atoms with E-state index in [1.807, 2.05) is 6.07 Å². The molecular weight excluding hydrogens is 110 g/mol. The summed E-state index contributed by atoms with van der Waals surface area (Å²) in [7, 11) is 0. The van der Waals surface area contributed by atoms with Gasteiger partial charge in [-0.2, -0.15) is 0 Å². The van der Waals surface area contributed by atoms with Gasteiger partial charge in [-0.3, -0.25) is 4.98 Å². The van der Waals surface area contributed by atoms with Crippen LogP contribution in [0.5, 0.6) is 0 Å². The number of rotatable bonds is 1. The Balaban J connectivity index is 2.29. The van der Waals surface area contributed by atoms with E-state index in [2.05, 4.69) is 17.1 Å². The van der Waals surface area contributed by atoms with Gasteiger partial charge in [0.2, 0.25) is 0 Å². The van der Waals surface area contributed by atoms with Crippen molar-refractivity contribution < 1.29 is 0 Å². The van der Waals surface area contributed by atoms with Gasteiger partial charge in [-0.05, 0) is 18.9 Å². The molecule has 2 rings (SSSR count). The minimum Gasteiger partial charge on any atom is -0.260 e. The summed E-state index contributed by atoms with van der Waals surface area (Å²) >= 11 is 0. The molecule has 1 nitrogen and oxygen atoms in total. The van der Waals surface area contributed by atoms with Gasteiger partial charge in [0.15, 0.2) is 0 Å². The van der Waals surface area contributed by atoms with Crippen LogP contribution in [0.15, 0.2) is 18.3 Å². The standard InChI is InChI=1S/C8H8N/c1-2-6-9-8(3-1)7-4-5-7/h1,3,6-7H,4-5H2. The van der Waals surface area contributed by atoms with Crippen molar-refractivity contribution in [2.45, 2.75) is 18.8 Å². The minimum absolute atomic E-state index is 0.777. The third-order valence-electron chi connectivity index (χ3n) is 1.63. The Morgan fingerprint density at radius 1 is 1.56 bits per heavy atom. The van der Waals surface area contributed by atoms with Gasteiger partial charge in [0.1, 0.15) is 0 Å². The Hall–Kier alpha value is -0.850. The van der Waals surface area contributed by atoms with Crippen LogP contribution in [-0.2, 0) is 0 Å². The van der Waals surface area contributed by atoms with Gasteiger partial charge in [0.25, 0.3) is 0 Å². The maximum atomic E-state index is 4.19. The Morgan fingerprint density at radius 2 is 2.44 bits per heavy atom. The van der Waals surface area contributed by atoms with Gasteiger partial charge < -0.3 is 0 Å². The fraction of sp³-hybridized carbons (Fsp3) is 0.375. The Morgan fingerprint density at radius 3 is 3.00 bits per heavy atom. The molecule has 0 aromatic carbocycles. The van der Waals surface area contributed by atoms with E-state index in [4.69, 9.17) is 0 Å². The van der Waals surface area contributed by atoms with Crippen molar-refractivity contribution in [2.24, 2.45) is 0 Å². The highest BCUT2D eigenvalue weighted by Gasteiger charge is 2.23. The first kappa shape index (κ1) is 4.98. The molecule has 0 aliphatic heterocycles. The van der Waals surface area contributed by atoms with Gasteiger partial charge in [0, 0.05) is 23.9 Å². The number of hydrogen-bond acceptors (Lipinski definition) is 1.